The van der Waals surface area contributed by atoms with Crippen molar-refractivity contribution in [2.75, 3.05) is 38.7 Å². The van der Waals surface area contributed by atoms with Gasteiger partial charge in [0.15, 0.2) is 6.39 Å². The molecule has 7 heteroatoms. The van der Waals surface area contributed by atoms with Crippen LogP contribution >= 0.6 is 0 Å². The number of carbonyl (C=O) groups is 1. The number of ether oxygens (including phenoxy) is 1. The smallest absolute Gasteiger partial charge is 0.291 e. The number of aromatic nitrogens is 2. The monoisotopic (exact) mass is 330 g/mol. The molecule has 2 aromatic heterocycles. The van der Waals surface area contributed by atoms with Gasteiger partial charge in [0.05, 0.1) is 24.5 Å². The van der Waals surface area contributed by atoms with Crippen LogP contribution in [0, 0.1) is 13.8 Å². The maximum absolute atomic E-state index is 12.6. The maximum atomic E-state index is 12.6. The highest BCUT2D eigenvalue weighted by molar-refractivity contribution is 5.92. The number of hydrogen-bond donors (Lipinski definition) is 0. The predicted octanol–water partition coefficient (Wildman–Crippen LogP) is 1.97. The molecule has 0 aliphatic carbocycles. The van der Waals surface area contributed by atoms with Gasteiger partial charge in [-0.25, -0.2) is 4.98 Å². The molecule has 128 valence electrons. The average molecular weight is 330 g/mol. The number of amides is 1. The summed E-state index contributed by atoms with van der Waals surface area (Å²) in [5, 5.41) is 0. The largest absolute Gasteiger partial charge is 0.438 e. The number of aryl methyl sites for hydroxylation is 2. The van der Waals surface area contributed by atoms with Gasteiger partial charge < -0.3 is 19.0 Å². The van der Waals surface area contributed by atoms with E-state index in [1.807, 2.05) is 38.1 Å². The molecule has 7 nitrogen and oxygen atoms in total. The zero-order valence-electron chi connectivity index (χ0n) is 14.4. The van der Waals surface area contributed by atoms with Gasteiger partial charge in [-0.3, -0.25) is 9.78 Å². The van der Waals surface area contributed by atoms with Crippen molar-refractivity contribution in [2.24, 2.45) is 0 Å². The maximum Gasteiger partial charge on any atom is 0.291 e. The second-order valence-corrected chi connectivity index (χ2v) is 6.16. The lowest BCUT2D eigenvalue weighted by molar-refractivity contribution is -0.0257. The molecule has 1 saturated heterocycles. The summed E-state index contributed by atoms with van der Waals surface area (Å²) in [5.74, 6) is 0.139. The van der Waals surface area contributed by atoms with Gasteiger partial charge in [0.1, 0.15) is 6.10 Å². The molecule has 24 heavy (non-hydrogen) atoms. The SMILES string of the molecule is Cc1cc(N(C)C)cc([C@@H]2CN(C(=O)c3ocnc3C)CCO2)n1. The van der Waals surface area contributed by atoms with Crippen molar-refractivity contribution in [1.29, 1.82) is 0 Å². The molecular weight excluding hydrogens is 308 g/mol. The van der Waals surface area contributed by atoms with Crippen molar-refractivity contribution in [3.8, 4) is 0 Å². The van der Waals surface area contributed by atoms with Crippen LogP contribution in [-0.2, 0) is 4.74 Å². The number of rotatable bonds is 3. The van der Waals surface area contributed by atoms with Crippen molar-refractivity contribution in [3.63, 3.8) is 0 Å². The summed E-state index contributed by atoms with van der Waals surface area (Å²) in [6, 6.07) is 4.03. The minimum absolute atomic E-state index is 0.154. The van der Waals surface area contributed by atoms with E-state index in [4.69, 9.17) is 9.15 Å². The number of anilines is 1. The van der Waals surface area contributed by atoms with Crippen LogP contribution in [0.25, 0.3) is 0 Å². The van der Waals surface area contributed by atoms with Gasteiger partial charge in [0, 0.05) is 32.0 Å². The van der Waals surface area contributed by atoms with E-state index >= 15 is 0 Å². The normalized spacial score (nSPS) is 17.8. The highest BCUT2D eigenvalue weighted by Crippen LogP contribution is 2.26. The lowest BCUT2D eigenvalue weighted by atomic mass is 10.1. The number of pyridine rings is 1. The quantitative estimate of drug-likeness (QED) is 0.857. The van der Waals surface area contributed by atoms with Crippen LogP contribution in [-0.4, -0.2) is 54.6 Å². The van der Waals surface area contributed by atoms with Gasteiger partial charge in [0.25, 0.3) is 5.91 Å². The second-order valence-electron chi connectivity index (χ2n) is 6.16. The summed E-state index contributed by atoms with van der Waals surface area (Å²) < 4.78 is 11.1. The van der Waals surface area contributed by atoms with Gasteiger partial charge >= 0.3 is 0 Å². The summed E-state index contributed by atoms with van der Waals surface area (Å²) in [6.07, 6.45) is 1.05. The van der Waals surface area contributed by atoms with E-state index in [2.05, 4.69) is 9.97 Å². The fourth-order valence-corrected chi connectivity index (χ4v) is 2.76. The first-order chi connectivity index (χ1) is 11.5. The van der Waals surface area contributed by atoms with E-state index in [1.54, 1.807) is 11.8 Å². The summed E-state index contributed by atoms with van der Waals surface area (Å²) in [5.41, 5.74) is 3.43. The summed E-state index contributed by atoms with van der Waals surface area (Å²) in [7, 11) is 3.98. The Hall–Kier alpha value is -2.41. The Kier molecular flexibility index (Phi) is 4.53. The number of carbonyl (C=O) groups excluding carboxylic acids is 1. The molecule has 0 spiro atoms. The van der Waals surface area contributed by atoms with E-state index in [0.29, 0.717) is 31.2 Å². The van der Waals surface area contributed by atoms with E-state index in [1.165, 1.54) is 6.39 Å². The van der Waals surface area contributed by atoms with Crippen LogP contribution in [0.2, 0.25) is 0 Å². The molecule has 1 amide bonds. The number of morpholine rings is 1. The Morgan fingerprint density at radius 2 is 2.12 bits per heavy atom. The van der Waals surface area contributed by atoms with Crippen LogP contribution in [0.3, 0.4) is 0 Å². The number of nitrogens with zero attached hydrogens (tertiary/aromatic N) is 4. The Morgan fingerprint density at radius 3 is 2.79 bits per heavy atom. The van der Waals surface area contributed by atoms with Crippen molar-refractivity contribution >= 4 is 11.6 Å². The lowest BCUT2D eigenvalue weighted by Crippen LogP contribution is -2.42. The highest BCUT2D eigenvalue weighted by atomic mass is 16.5. The summed E-state index contributed by atoms with van der Waals surface area (Å²) in [6.45, 7) is 5.17. The van der Waals surface area contributed by atoms with E-state index in [-0.39, 0.29) is 12.0 Å². The van der Waals surface area contributed by atoms with Crippen LogP contribution in [0.5, 0.6) is 0 Å². The molecule has 0 unspecified atom stereocenters. The second kappa shape index (κ2) is 6.60. The lowest BCUT2D eigenvalue weighted by Gasteiger charge is -2.32. The molecule has 1 atom stereocenters. The van der Waals surface area contributed by atoms with Gasteiger partial charge in [-0.05, 0) is 26.0 Å². The van der Waals surface area contributed by atoms with Crippen LogP contribution < -0.4 is 4.90 Å². The van der Waals surface area contributed by atoms with Crippen molar-refractivity contribution in [1.82, 2.24) is 14.9 Å². The van der Waals surface area contributed by atoms with Crippen molar-refractivity contribution in [2.45, 2.75) is 20.0 Å². The van der Waals surface area contributed by atoms with E-state index < -0.39 is 0 Å². The fourth-order valence-electron chi connectivity index (χ4n) is 2.76. The predicted molar refractivity (Wildman–Crippen MR) is 89.1 cm³/mol. The van der Waals surface area contributed by atoms with Crippen LogP contribution in [0.4, 0.5) is 5.69 Å². The molecule has 0 bridgehead atoms. The molecule has 1 aliphatic rings. The standard InChI is InChI=1S/C17H22N4O3/c1-11-7-13(20(3)4)8-14(19-11)15-9-21(5-6-23-15)17(22)16-12(2)18-10-24-16/h7-8,10,15H,5-6,9H2,1-4H3/t15-/m0/s1. The molecule has 3 heterocycles. The minimum atomic E-state index is -0.246. The van der Waals surface area contributed by atoms with Crippen molar-refractivity contribution < 1.29 is 13.9 Å². The van der Waals surface area contributed by atoms with Gasteiger partial charge in [0.2, 0.25) is 5.76 Å². The average Bonchev–Trinajstić information content (AvgIpc) is 2.99. The Morgan fingerprint density at radius 1 is 1.33 bits per heavy atom. The number of hydrogen-bond acceptors (Lipinski definition) is 6. The molecule has 2 aromatic rings. The topological polar surface area (TPSA) is 71.7 Å². The first kappa shape index (κ1) is 16.4. The fraction of sp³-hybridized carbons (Fsp3) is 0.471. The molecule has 3 rings (SSSR count). The number of oxazole rings is 1. The molecular formula is C17H22N4O3. The van der Waals surface area contributed by atoms with Gasteiger partial charge in [-0.2, -0.15) is 0 Å². The molecule has 0 saturated carbocycles. The molecule has 0 aromatic carbocycles. The first-order valence-corrected chi connectivity index (χ1v) is 7.92. The third-order valence-electron chi connectivity index (χ3n) is 4.10. The Labute approximate surface area is 141 Å². The third-order valence-corrected chi connectivity index (χ3v) is 4.10. The molecule has 0 N–H and O–H groups in total. The Bertz CT molecular complexity index is 741. The third kappa shape index (κ3) is 3.26. The van der Waals surface area contributed by atoms with E-state index in [9.17, 15) is 4.79 Å². The Balaban J connectivity index is 1.81. The first-order valence-electron chi connectivity index (χ1n) is 7.92. The molecule has 1 aliphatic heterocycles. The van der Waals surface area contributed by atoms with E-state index in [0.717, 1.165) is 17.1 Å². The summed E-state index contributed by atoms with van der Waals surface area (Å²) >= 11 is 0. The highest BCUT2D eigenvalue weighted by Gasteiger charge is 2.29. The summed E-state index contributed by atoms with van der Waals surface area (Å²) in [4.78, 5) is 25.0. The minimum Gasteiger partial charge on any atom is -0.438 e. The zero-order chi connectivity index (χ0) is 17.3. The van der Waals surface area contributed by atoms with Crippen LogP contribution in [0.15, 0.2) is 22.9 Å². The van der Waals surface area contributed by atoms with Gasteiger partial charge in [-0.1, -0.05) is 0 Å². The van der Waals surface area contributed by atoms with Gasteiger partial charge in [-0.15, -0.1) is 0 Å². The van der Waals surface area contributed by atoms with Crippen molar-refractivity contribution in [3.05, 3.63) is 41.4 Å². The van der Waals surface area contributed by atoms with Crippen LogP contribution in [0.1, 0.15) is 33.7 Å². The zero-order valence-corrected chi connectivity index (χ0v) is 14.4. The molecule has 1 fully saturated rings. The molecule has 0 radical (unpaired) electrons.